The molecule has 0 atom stereocenters. The van der Waals surface area contributed by atoms with Crippen LogP contribution in [0.5, 0.6) is 0 Å². The van der Waals surface area contributed by atoms with Gasteiger partial charge in [-0.05, 0) is 22.9 Å². The minimum Gasteiger partial charge on any atom is -0.412 e. The van der Waals surface area contributed by atoms with Gasteiger partial charge in [0.25, 0.3) is 5.22 Å². The second-order valence-electron chi connectivity index (χ2n) is 1.90. The van der Waals surface area contributed by atoms with Crippen molar-refractivity contribution in [2.24, 2.45) is 0 Å². The van der Waals surface area contributed by atoms with E-state index in [-0.39, 0.29) is 0 Å². The Bertz CT molecular complexity index is 340. The second-order valence-corrected chi connectivity index (χ2v) is 2.98. The van der Waals surface area contributed by atoms with Crippen LogP contribution in [0.25, 0.3) is 11.2 Å². The molecule has 0 saturated carbocycles. The van der Waals surface area contributed by atoms with Gasteiger partial charge in [0.15, 0.2) is 0 Å². The third kappa shape index (κ3) is 1.21. The molecule has 2 aromatic heterocycles. The Morgan fingerprint density at radius 2 is 2.45 bits per heavy atom. The van der Waals surface area contributed by atoms with Crippen LogP contribution in [0.15, 0.2) is 28.0 Å². The lowest BCUT2D eigenvalue weighted by Gasteiger charge is -1.79. The largest absolute Gasteiger partial charge is 0.412 e. The molecule has 0 unspecified atom stereocenters. The summed E-state index contributed by atoms with van der Waals surface area (Å²) in [6.45, 7) is 0. The number of hydrogen-bond donors (Lipinski definition) is 1. The van der Waals surface area contributed by atoms with Crippen molar-refractivity contribution in [2.75, 3.05) is 0 Å². The zero-order chi connectivity index (χ0) is 7.68. The van der Waals surface area contributed by atoms with E-state index in [0.29, 0.717) is 10.9 Å². The number of pyridine rings is 1. The van der Waals surface area contributed by atoms with Crippen molar-refractivity contribution in [1.29, 1.82) is 0 Å². The number of fused-ring (bicyclic) bond motifs is 1. The number of aromatic nitrogens is 2. The van der Waals surface area contributed by atoms with Crippen LogP contribution in [0.1, 0.15) is 0 Å². The molecule has 3 nitrogen and oxygen atoms in total. The van der Waals surface area contributed by atoms with Crippen molar-refractivity contribution < 1.29 is 4.42 Å². The normalized spacial score (nSPS) is 10.6. The molecule has 0 amide bonds. The van der Waals surface area contributed by atoms with Crippen molar-refractivity contribution in [3.05, 3.63) is 18.3 Å². The Kier molecular flexibility index (Phi) is 1.75. The Labute approximate surface area is 72.0 Å². The number of thiol groups is 1. The first kappa shape index (κ1) is 7.00. The minimum atomic E-state index is 0.530. The van der Waals surface area contributed by atoms with Crippen LogP contribution >= 0.6 is 22.5 Å². The molecule has 0 aliphatic rings. The monoisotopic (exact) mass is 184 g/mol. The maximum atomic E-state index is 5.18. The molecule has 0 aliphatic carbocycles. The Morgan fingerprint density at radius 3 is 3.18 bits per heavy atom. The van der Waals surface area contributed by atoms with Crippen LogP contribution in [-0.4, -0.2) is 9.97 Å². The first-order chi connectivity index (χ1) is 5.40. The summed E-state index contributed by atoms with van der Waals surface area (Å²) in [6, 6.07) is 3.66. The zero-order valence-corrected chi connectivity index (χ0v) is 7.10. The fraction of sp³-hybridized carbons (Fsp3) is 0. The van der Waals surface area contributed by atoms with Crippen LogP contribution < -0.4 is 0 Å². The second kappa shape index (κ2) is 2.75. The Morgan fingerprint density at radius 1 is 1.55 bits per heavy atom. The predicted octanol–water partition coefficient (Wildman–Crippen LogP) is 2.16. The maximum Gasteiger partial charge on any atom is 0.268 e. The lowest BCUT2D eigenvalue weighted by molar-refractivity contribution is 0.483. The molecular formula is C6H4N2OS2. The van der Waals surface area contributed by atoms with Crippen LogP contribution in [0.2, 0.25) is 0 Å². The van der Waals surface area contributed by atoms with Crippen molar-refractivity contribution in [1.82, 2.24) is 9.97 Å². The quantitative estimate of drug-likeness (QED) is 0.544. The van der Waals surface area contributed by atoms with Gasteiger partial charge in [-0.1, -0.05) is 0 Å². The van der Waals surface area contributed by atoms with E-state index in [4.69, 9.17) is 4.42 Å². The van der Waals surface area contributed by atoms with Crippen molar-refractivity contribution in [3.63, 3.8) is 0 Å². The molecule has 0 bridgehead atoms. The summed E-state index contributed by atoms with van der Waals surface area (Å²) in [5.41, 5.74) is 1.33. The lowest BCUT2D eigenvalue weighted by Crippen LogP contribution is -1.69. The van der Waals surface area contributed by atoms with Gasteiger partial charge in [0.05, 0.1) is 0 Å². The molecule has 0 aromatic carbocycles. The highest BCUT2D eigenvalue weighted by Crippen LogP contribution is 2.23. The standard InChI is InChI=1S/C6H4N2OS2/c10-11-6-8-4-2-1-3-7-5(4)9-6/h1-3,10H. The molecular weight excluding hydrogens is 180 g/mol. The highest BCUT2D eigenvalue weighted by atomic mass is 33.1. The molecule has 0 aliphatic heterocycles. The van der Waals surface area contributed by atoms with E-state index < -0.39 is 0 Å². The van der Waals surface area contributed by atoms with Crippen molar-refractivity contribution >= 4 is 33.7 Å². The van der Waals surface area contributed by atoms with Crippen LogP contribution in [-0.2, 0) is 0 Å². The first-order valence-electron chi connectivity index (χ1n) is 2.93. The van der Waals surface area contributed by atoms with E-state index in [1.807, 2.05) is 12.1 Å². The third-order valence-electron chi connectivity index (χ3n) is 1.22. The molecule has 56 valence electrons. The van der Waals surface area contributed by atoms with E-state index in [9.17, 15) is 0 Å². The van der Waals surface area contributed by atoms with Crippen molar-refractivity contribution in [2.45, 2.75) is 5.22 Å². The lowest BCUT2D eigenvalue weighted by atomic mass is 10.5. The molecule has 0 saturated heterocycles. The van der Waals surface area contributed by atoms with Gasteiger partial charge in [0.1, 0.15) is 5.52 Å². The SMILES string of the molecule is SSc1nc2cccnc2o1. The fourth-order valence-corrected chi connectivity index (χ4v) is 1.28. The smallest absolute Gasteiger partial charge is 0.268 e. The van der Waals surface area contributed by atoms with E-state index in [1.165, 1.54) is 10.8 Å². The van der Waals surface area contributed by atoms with Gasteiger partial charge in [-0.2, -0.15) is 0 Å². The third-order valence-corrected chi connectivity index (χ3v) is 2.02. The van der Waals surface area contributed by atoms with Crippen LogP contribution in [0.3, 0.4) is 0 Å². The highest BCUT2D eigenvalue weighted by Gasteiger charge is 2.03. The van der Waals surface area contributed by atoms with E-state index in [0.717, 1.165) is 5.52 Å². The first-order valence-corrected chi connectivity index (χ1v) is 4.80. The van der Waals surface area contributed by atoms with Gasteiger partial charge < -0.3 is 4.42 Å². The van der Waals surface area contributed by atoms with Gasteiger partial charge in [-0.3, -0.25) is 0 Å². The molecule has 0 N–H and O–H groups in total. The summed E-state index contributed by atoms with van der Waals surface area (Å²) in [5.74, 6) is 0. The highest BCUT2D eigenvalue weighted by molar-refractivity contribution is 8.68. The molecule has 0 fully saturated rings. The minimum absolute atomic E-state index is 0.530. The van der Waals surface area contributed by atoms with E-state index >= 15 is 0 Å². The van der Waals surface area contributed by atoms with Gasteiger partial charge in [-0.15, -0.1) is 11.7 Å². The molecule has 0 radical (unpaired) electrons. The number of nitrogens with zero attached hydrogens (tertiary/aromatic N) is 2. The zero-order valence-electron chi connectivity index (χ0n) is 5.39. The van der Waals surface area contributed by atoms with E-state index in [2.05, 4.69) is 21.6 Å². The van der Waals surface area contributed by atoms with Gasteiger partial charge in [0, 0.05) is 6.20 Å². The molecule has 11 heavy (non-hydrogen) atoms. The average molecular weight is 184 g/mol. The summed E-state index contributed by atoms with van der Waals surface area (Å²) < 4.78 is 5.18. The Balaban J connectivity index is 2.69. The average Bonchev–Trinajstić information content (AvgIpc) is 2.46. The molecule has 2 heterocycles. The maximum absolute atomic E-state index is 5.18. The summed E-state index contributed by atoms with van der Waals surface area (Å²) in [5, 5.41) is 0.530. The summed E-state index contributed by atoms with van der Waals surface area (Å²) in [6.07, 6.45) is 1.67. The van der Waals surface area contributed by atoms with Crippen molar-refractivity contribution in [3.8, 4) is 0 Å². The van der Waals surface area contributed by atoms with Gasteiger partial charge in [0.2, 0.25) is 5.71 Å². The van der Waals surface area contributed by atoms with Crippen LogP contribution in [0.4, 0.5) is 0 Å². The van der Waals surface area contributed by atoms with Gasteiger partial charge in [-0.25, -0.2) is 9.97 Å². The summed E-state index contributed by atoms with van der Waals surface area (Å²) >= 11 is 3.95. The summed E-state index contributed by atoms with van der Waals surface area (Å²) in [4.78, 5) is 8.06. The number of hydrogen-bond acceptors (Lipinski definition) is 5. The van der Waals surface area contributed by atoms with Gasteiger partial charge >= 0.3 is 0 Å². The number of oxazole rings is 1. The number of rotatable bonds is 1. The molecule has 2 rings (SSSR count). The Hall–Kier alpha value is -0.680. The molecule has 0 spiro atoms. The predicted molar refractivity (Wildman–Crippen MR) is 46.6 cm³/mol. The fourth-order valence-electron chi connectivity index (χ4n) is 0.789. The topological polar surface area (TPSA) is 38.9 Å². The van der Waals surface area contributed by atoms with E-state index in [1.54, 1.807) is 6.20 Å². The molecule has 2 aromatic rings. The summed E-state index contributed by atoms with van der Waals surface area (Å²) in [7, 11) is 1.17. The molecule has 5 heteroatoms. The van der Waals surface area contributed by atoms with Crippen LogP contribution in [0, 0.1) is 0 Å².